The highest BCUT2D eigenvalue weighted by Gasteiger charge is 2.37. The van der Waals surface area contributed by atoms with E-state index in [1.54, 1.807) is 21.3 Å². The molecule has 0 N–H and O–H groups in total. The van der Waals surface area contributed by atoms with Crippen LogP contribution in [0.2, 0.25) is 6.04 Å². The number of rotatable bonds is 7. The number of nitrogens with zero attached hydrogens (tertiary/aromatic N) is 1. The zero-order valence-corrected chi connectivity index (χ0v) is 12.7. The summed E-state index contributed by atoms with van der Waals surface area (Å²) in [5.74, 6) is 0.878. The molecule has 1 aliphatic heterocycles. The van der Waals surface area contributed by atoms with E-state index in [1.807, 2.05) is 0 Å². The van der Waals surface area contributed by atoms with Gasteiger partial charge in [0, 0.05) is 27.4 Å². The smallest absolute Gasteiger partial charge is 0.377 e. The van der Waals surface area contributed by atoms with Crippen LogP contribution in [-0.2, 0) is 13.3 Å². The second-order valence-electron chi connectivity index (χ2n) is 4.93. The van der Waals surface area contributed by atoms with Crippen LogP contribution < -0.4 is 0 Å². The van der Waals surface area contributed by atoms with Crippen LogP contribution in [0, 0.1) is 5.92 Å². The molecule has 0 aromatic heterocycles. The lowest BCUT2D eigenvalue weighted by Gasteiger charge is -2.30. The van der Waals surface area contributed by atoms with E-state index in [2.05, 4.69) is 11.9 Å². The molecule has 0 amide bonds. The van der Waals surface area contributed by atoms with Crippen molar-refractivity contribution in [1.29, 1.82) is 0 Å². The predicted molar refractivity (Wildman–Crippen MR) is 71.0 cm³/mol. The second-order valence-corrected chi connectivity index (χ2v) is 8.03. The monoisotopic (exact) mass is 261 g/mol. The summed E-state index contributed by atoms with van der Waals surface area (Å²) >= 11 is 0. The Morgan fingerprint density at radius 2 is 1.59 bits per heavy atom. The molecule has 0 saturated carbocycles. The normalized spacial score (nSPS) is 19.8. The minimum atomic E-state index is -2.33. The molecule has 0 spiro atoms. The van der Waals surface area contributed by atoms with Crippen LogP contribution in [0.25, 0.3) is 0 Å². The van der Waals surface area contributed by atoms with E-state index in [4.69, 9.17) is 13.3 Å². The van der Waals surface area contributed by atoms with E-state index >= 15 is 0 Å². The molecule has 0 aromatic carbocycles. The largest absolute Gasteiger partial charge is 0.500 e. The highest BCUT2D eigenvalue weighted by atomic mass is 28.4. The van der Waals surface area contributed by atoms with Gasteiger partial charge in [-0.25, -0.2) is 0 Å². The van der Waals surface area contributed by atoms with Crippen molar-refractivity contribution < 1.29 is 13.3 Å². The van der Waals surface area contributed by atoms with Crippen LogP contribution in [0.15, 0.2) is 0 Å². The van der Waals surface area contributed by atoms with Gasteiger partial charge in [-0.2, -0.15) is 0 Å². The molecule has 0 radical (unpaired) electrons. The predicted octanol–water partition coefficient (Wildman–Crippen LogP) is 1.99. The fourth-order valence-corrected chi connectivity index (χ4v) is 4.26. The van der Waals surface area contributed by atoms with Crippen LogP contribution in [0.5, 0.6) is 0 Å². The molecule has 1 heterocycles. The van der Waals surface area contributed by atoms with Crippen LogP contribution in [0.3, 0.4) is 0 Å². The maximum Gasteiger partial charge on any atom is 0.500 e. The van der Waals surface area contributed by atoms with Gasteiger partial charge in [0.1, 0.15) is 0 Å². The van der Waals surface area contributed by atoms with E-state index in [9.17, 15) is 0 Å². The standard InChI is InChI=1S/C12H27NO3Si/c1-13-9-7-12(8-10-13)6-5-11-17(14-2,15-3)16-4/h12H,5-11H2,1-4H3. The molecular weight excluding hydrogens is 234 g/mol. The average molecular weight is 261 g/mol. The topological polar surface area (TPSA) is 30.9 Å². The van der Waals surface area contributed by atoms with Crippen molar-refractivity contribution in [3.05, 3.63) is 0 Å². The van der Waals surface area contributed by atoms with Crippen LogP contribution >= 0.6 is 0 Å². The van der Waals surface area contributed by atoms with Gasteiger partial charge in [0.25, 0.3) is 0 Å². The molecule has 102 valence electrons. The van der Waals surface area contributed by atoms with Crippen molar-refractivity contribution in [1.82, 2.24) is 4.90 Å². The summed E-state index contributed by atoms with van der Waals surface area (Å²) in [5.41, 5.74) is 0. The minimum absolute atomic E-state index is 0.878. The summed E-state index contributed by atoms with van der Waals surface area (Å²) in [6, 6.07) is 0.933. The molecule has 0 aliphatic carbocycles. The first-order valence-electron chi connectivity index (χ1n) is 6.50. The SMILES string of the molecule is CO[Si](CCCC1CCN(C)CC1)(OC)OC. The highest BCUT2D eigenvalue weighted by Crippen LogP contribution is 2.24. The minimum Gasteiger partial charge on any atom is -0.377 e. The van der Waals surface area contributed by atoms with Crippen molar-refractivity contribution in [3.8, 4) is 0 Å². The Kier molecular flexibility index (Phi) is 6.65. The summed E-state index contributed by atoms with van der Waals surface area (Å²) in [6.07, 6.45) is 5.09. The zero-order valence-electron chi connectivity index (χ0n) is 11.7. The molecule has 5 heteroatoms. The summed E-state index contributed by atoms with van der Waals surface area (Å²) in [6.45, 7) is 2.48. The van der Waals surface area contributed by atoms with Crippen LogP contribution in [-0.4, -0.2) is 55.2 Å². The average Bonchev–Trinajstić information content (AvgIpc) is 2.38. The first-order chi connectivity index (χ1) is 8.15. The molecular formula is C12H27NO3Si. The van der Waals surface area contributed by atoms with Crippen molar-refractivity contribution in [3.63, 3.8) is 0 Å². The molecule has 4 nitrogen and oxygen atoms in total. The van der Waals surface area contributed by atoms with Gasteiger partial charge in [0.2, 0.25) is 0 Å². The third kappa shape index (κ3) is 4.67. The second kappa shape index (κ2) is 7.48. The van der Waals surface area contributed by atoms with Gasteiger partial charge in [0.05, 0.1) is 0 Å². The van der Waals surface area contributed by atoms with Crippen LogP contribution in [0.4, 0.5) is 0 Å². The molecule has 0 unspecified atom stereocenters. The third-order valence-electron chi connectivity index (χ3n) is 3.87. The lowest BCUT2D eigenvalue weighted by atomic mass is 9.93. The van der Waals surface area contributed by atoms with E-state index in [0.29, 0.717) is 0 Å². The molecule has 1 fully saturated rings. The number of piperidine rings is 1. The number of likely N-dealkylation sites (tertiary alicyclic amines) is 1. The van der Waals surface area contributed by atoms with Crippen molar-refractivity contribution in [2.45, 2.75) is 31.7 Å². The van der Waals surface area contributed by atoms with E-state index < -0.39 is 8.80 Å². The van der Waals surface area contributed by atoms with Crippen molar-refractivity contribution >= 4 is 8.80 Å². The summed E-state index contributed by atoms with van der Waals surface area (Å²) < 4.78 is 16.3. The van der Waals surface area contributed by atoms with Gasteiger partial charge in [-0.1, -0.05) is 6.42 Å². The summed E-state index contributed by atoms with van der Waals surface area (Å²) in [4.78, 5) is 2.41. The molecule has 1 aliphatic rings. The van der Waals surface area contributed by atoms with Gasteiger partial charge in [0.15, 0.2) is 0 Å². The Hall–Kier alpha value is 0.0569. The van der Waals surface area contributed by atoms with Crippen molar-refractivity contribution in [2.75, 3.05) is 41.5 Å². The fourth-order valence-electron chi connectivity index (χ4n) is 2.51. The Morgan fingerprint density at radius 3 is 2.06 bits per heavy atom. The van der Waals surface area contributed by atoms with E-state index in [0.717, 1.165) is 18.4 Å². The quantitative estimate of drug-likeness (QED) is 0.656. The maximum atomic E-state index is 5.43. The summed E-state index contributed by atoms with van der Waals surface area (Å²) in [5, 5.41) is 0. The first kappa shape index (κ1) is 15.1. The number of hydrogen-bond donors (Lipinski definition) is 0. The Balaban J connectivity index is 2.22. The molecule has 1 saturated heterocycles. The molecule has 0 atom stereocenters. The highest BCUT2D eigenvalue weighted by molar-refractivity contribution is 6.60. The van der Waals surface area contributed by atoms with Crippen LogP contribution in [0.1, 0.15) is 25.7 Å². The zero-order chi connectivity index (χ0) is 12.7. The maximum absolute atomic E-state index is 5.43. The Labute approximate surface area is 107 Å². The lowest BCUT2D eigenvalue weighted by Crippen LogP contribution is -2.42. The van der Waals surface area contributed by atoms with E-state index in [1.165, 1.54) is 32.4 Å². The number of hydrogen-bond acceptors (Lipinski definition) is 4. The summed E-state index contributed by atoms with van der Waals surface area (Å²) in [7, 11) is 4.95. The molecule has 17 heavy (non-hydrogen) atoms. The van der Waals surface area contributed by atoms with Gasteiger partial charge >= 0.3 is 8.80 Å². The van der Waals surface area contributed by atoms with Gasteiger partial charge in [-0.3, -0.25) is 0 Å². The molecule has 1 rings (SSSR count). The first-order valence-corrected chi connectivity index (χ1v) is 8.43. The Bertz CT molecular complexity index is 196. The Morgan fingerprint density at radius 1 is 1.06 bits per heavy atom. The molecule has 0 aromatic rings. The fraction of sp³-hybridized carbons (Fsp3) is 1.00. The van der Waals surface area contributed by atoms with E-state index in [-0.39, 0.29) is 0 Å². The van der Waals surface area contributed by atoms with Gasteiger partial charge in [-0.15, -0.1) is 0 Å². The van der Waals surface area contributed by atoms with Gasteiger partial charge < -0.3 is 18.2 Å². The van der Waals surface area contributed by atoms with Gasteiger partial charge in [-0.05, 0) is 45.3 Å². The lowest BCUT2D eigenvalue weighted by molar-refractivity contribution is 0.121. The van der Waals surface area contributed by atoms with Crippen molar-refractivity contribution in [2.24, 2.45) is 5.92 Å². The third-order valence-corrected chi connectivity index (χ3v) is 6.70. The molecule has 0 bridgehead atoms.